The minimum Gasteiger partial charge on any atom is -0.478 e. The van der Waals surface area contributed by atoms with Crippen molar-refractivity contribution in [1.29, 1.82) is 0 Å². The van der Waals surface area contributed by atoms with Crippen LogP contribution in [-0.4, -0.2) is 31.7 Å². The number of carboxylic acids is 1. The number of nitrogens with one attached hydrogen (secondary N) is 1. The maximum Gasteiger partial charge on any atom is 0.339 e. The van der Waals surface area contributed by atoms with Gasteiger partial charge in [-0.15, -0.1) is 11.3 Å². The summed E-state index contributed by atoms with van der Waals surface area (Å²) in [4.78, 5) is 27.7. The zero-order chi connectivity index (χ0) is 17.3. The van der Waals surface area contributed by atoms with Gasteiger partial charge < -0.3 is 5.11 Å². The molecule has 7 nitrogen and oxygen atoms in total. The number of halogens is 1. The molecule has 0 aliphatic carbocycles. The average molecular weight is 363 g/mol. The molecule has 0 unspecified atom stereocenters. The molecule has 0 aliphatic rings. The molecule has 0 spiro atoms. The van der Waals surface area contributed by atoms with Crippen LogP contribution in [0, 0.1) is 0 Å². The fourth-order valence-electron chi connectivity index (χ4n) is 2.09. The summed E-state index contributed by atoms with van der Waals surface area (Å²) in [6, 6.07) is 7.23. The zero-order valence-corrected chi connectivity index (χ0v) is 13.9. The van der Waals surface area contributed by atoms with Gasteiger partial charge in [0.05, 0.1) is 5.69 Å². The van der Waals surface area contributed by atoms with Crippen LogP contribution in [0.15, 0.2) is 35.8 Å². The maximum absolute atomic E-state index is 12.3. The Morgan fingerprint density at radius 1 is 1.33 bits per heavy atom. The Morgan fingerprint density at radius 3 is 2.79 bits per heavy atom. The second-order valence-corrected chi connectivity index (χ2v) is 6.11. The number of aryl methyl sites for hydroxylation is 1. The Hall–Kier alpha value is -2.71. The highest BCUT2D eigenvalue weighted by Gasteiger charge is 2.22. The monoisotopic (exact) mass is 362 g/mol. The molecular weight excluding hydrogens is 352 g/mol. The Bertz CT molecular complexity index is 934. The van der Waals surface area contributed by atoms with Crippen molar-refractivity contribution in [2.24, 2.45) is 7.05 Å². The van der Waals surface area contributed by atoms with E-state index in [-0.39, 0.29) is 11.3 Å². The van der Waals surface area contributed by atoms with Crippen molar-refractivity contribution in [3.63, 3.8) is 0 Å². The number of carbonyl (C=O) groups is 2. The molecule has 1 aromatic carbocycles. The van der Waals surface area contributed by atoms with E-state index in [4.69, 9.17) is 16.7 Å². The van der Waals surface area contributed by atoms with Gasteiger partial charge in [-0.05, 0) is 6.07 Å². The summed E-state index contributed by atoms with van der Waals surface area (Å²) in [6.45, 7) is 0. The molecule has 24 heavy (non-hydrogen) atoms. The number of thiazole rings is 1. The van der Waals surface area contributed by atoms with Gasteiger partial charge in [-0.25, -0.2) is 9.78 Å². The van der Waals surface area contributed by atoms with Crippen LogP contribution in [0.4, 0.5) is 5.13 Å². The van der Waals surface area contributed by atoms with Crippen molar-refractivity contribution >= 4 is 39.9 Å². The van der Waals surface area contributed by atoms with Crippen molar-refractivity contribution in [3.8, 4) is 11.3 Å². The van der Waals surface area contributed by atoms with Crippen LogP contribution in [0.25, 0.3) is 11.3 Å². The summed E-state index contributed by atoms with van der Waals surface area (Å²) < 4.78 is 1.27. The lowest BCUT2D eigenvalue weighted by Gasteiger charge is -2.00. The Balaban J connectivity index is 1.84. The molecule has 3 rings (SSSR count). The highest BCUT2D eigenvalue weighted by Crippen LogP contribution is 2.30. The van der Waals surface area contributed by atoms with E-state index in [1.54, 1.807) is 18.5 Å². The molecule has 2 N–H and O–H groups in total. The van der Waals surface area contributed by atoms with Crippen LogP contribution in [-0.2, 0) is 7.05 Å². The Morgan fingerprint density at radius 2 is 2.08 bits per heavy atom. The molecular formula is C15H11ClN4O3S. The number of aromatic nitrogens is 3. The minimum absolute atomic E-state index is 0.167. The molecule has 0 aliphatic heterocycles. The highest BCUT2D eigenvalue weighted by molar-refractivity contribution is 7.14. The van der Waals surface area contributed by atoms with E-state index in [9.17, 15) is 9.59 Å². The second-order valence-electron chi connectivity index (χ2n) is 4.84. The van der Waals surface area contributed by atoms with Gasteiger partial charge in [-0.1, -0.05) is 29.8 Å². The van der Waals surface area contributed by atoms with E-state index in [1.807, 2.05) is 18.2 Å². The summed E-state index contributed by atoms with van der Waals surface area (Å²) >= 11 is 7.34. The molecule has 1 amide bonds. The maximum atomic E-state index is 12.3. The summed E-state index contributed by atoms with van der Waals surface area (Å²) in [7, 11) is 1.54. The first kappa shape index (κ1) is 16.2. The van der Waals surface area contributed by atoms with E-state index in [0.29, 0.717) is 15.8 Å². The molecule has 2 heterocycles. The second kappa shape index (κ2) is 6.42. The first-order valence-electron chi connectivity index (χ1n) is 6.74. The fourth-order valence-corrected chi connectivity index (χ4v) is 3.03. The number of hydrogen-bond acceptors (Lipinski definition) is 5. The van der Waals surface area contributed by atoms with Crippen molar-refractivity contribution in [1.82, 2.24) is 14.8 Å². The van der Waals surface area contributed by atoms with Crippen molar-refractivity contribution in [3.05, 3.63) is 52.1 Å². The predicted molar refractivity (Wildman–Crippen MR) is 90.7 cm³/mol. The molecule has 3 aromatic rings. The van der Waals surface area contributed by atoms with E-state index < -0.39 is 11.9 Å². The summed E-state index contributed by atoms with van der Waals surface area (Å²) in [5.74, 6) is -1.85. The lowest BCUT2D eigenvalue weighted by Crippen LogP contribution is -2.16. The third-order valence-corrected chi connectivity index (χ3v) is 4.24. The van der Waals surface area contributed by atoms with Gasteiger partial charge in [0, 0.05) is 29.2 Å². The number of hydrogen-bond donors (Lipinski definition) is 2. The van der Waals surface area contributed by atoms with Crippen LogP contribution < -0.4 is 5.32 Å². The highest BCUT2D eigenvalue weighted by atomic mass is 35.5. The number of carboxylic acid groups (broad SMARTS) is 1. The molecule has 0 saturated carbocycles. The topological polar surface area (TPSA) is 97.1 Å². The van der Waals surface area contributed by atoms with Crippen molar-refractivity contribution < 1.29 is 14.7 Å². The predicted octanol–water partition coefficient (Wildman–Crippen LogP) is 3.15. The minimum atomic E-state index is -1.22. The number of benzene rings is 1. The van der Waals surface area contributed by atoms with Gasteiger partial charge in [0.1, 0.15) is 5.56 Å². The number of amides is 1. The van der Waals surface area contributed by atoms with Crippen LogP contribution in [0.3, 0.4) is 0 Å². The molecule has 0 fully saturated rings. The van der Waals surface area contributed by atoms with Crippen LogP contribution in [0.5, 0.6) is 0 Å². The molecule has 2 aromatic heterocycles. The molecule has 0 radical (unpaired) electrons. The van der Waals surface area contributed by atoms with Crippen molar-refractivity contribution in [2.45, 2.75) is 0 Å². The van der Waals surface area contributed by atoms with Gasteiger partial charge in [0.15, 0.2) is 10.8 Å². The largest absolute Gasteiger partial charge is 0.478 e. The van der Waals surface area contributed by atoms with E-state index >= 15 is 0 Å². The van der Waals surface area contributed by atoms with Gasteiger partial charge in [-0.3, -0.25) is 14.8 Å². The smallest absolute Gasteiger partial charge is 0.339 e. The number of carbonyl (C=O) groups excluding carboxylic acids is 1. The molecule has 122 valence electrons. The van der Waals surface area contributed by atoms with Gasteiger partial charge >= 0.3 is 5.97 Å². The molecule has 0 saturated heterocycles. The van der Waals surface area contributed by atoms with Gasteiger partial charge in [0.2, 0.25) is 0 Å². The Labute approximate surface area is 145 Å². The lowest BCUT2D eigenvalue weighted by molar-refractivity contribution is 0.0692. The lowest BCUT2D eigenvalue weighted by atomic mass is 10.2. The third kappa shape index (κ3) is 3.15. The molecule has 0 bridgehead atoms. The van der Waals surface area contributed by atoms with Crippen molar-refractivity contribution in [2.75, 3.05) is 5.32 Å². The average Bonchev–Trinajstić information content (AvgIpc) is 3.14. The first-order valence-corrected chi connectivity index (χ1v) is 8.00. The van der Waals surface area contributed by atoms with Crippen LogP contribution in [0.2, 0.25) is 5.02 Å². The molecule has 0 atom stereocenters. The summed E-state index contributed by atoms with van der Waals surface area (Å²) in [6.07, 6.45) is 1.27. The Kier molecular flexibility index (Phi) is 4.32. The van der Waals surface area contributed by atoms with E-state index in [0.717, 1.165) is 5.56 Å². The van der Waals surface area contributed by atoms with Crippen LogP contribution >= 0.6 is 22.9 Å². The van der Waals surface area contributed by atoms with Gasteiger partial charge in [-0.2, -0.15) is 5.10 Å². The number of nitrogens with zero attached hydrogens (tertiary/aromatic N) is 3. The first-order chi connectivity index (χ1) is 11.5. The standard InChI is InChI=1S/C15H11ClN4O3S/c1-20-6-9(14(22)23)12(19-20)13(21)18-15-17-11(7-24-15)8-4-2-3-5-10(8)16/h2-7H,1H3,(H,22,23)(H,17,18,21). The normalized spacial score (nSPS) is 10.6. The SMILES string of the molecule is Cn1cc(C(=O)O)c(C(=O)Nc2nc(-c3ccccc3Cl)cs2)n1. The number of aromatic carboxylic acids is 1. The van der Waals surface area contributed by atoms with E-state index in [1.165, 1.54) is 22.2 Å². The number of anilines is 1. The van der Waals surface area contributed by atoms with Crippen LogP contribution in [0.1, 0.15) is 20.8 Å². The number of rotatable bonds is 4. The molecule has 9 heteroatoms. The summed E-state index contributed by atoms with van der Waals surface area (Å²) in [5.41, 5.74) is 1.04. The zero-order valence-electron chi connectivity index (χ0n) is 12.4. The van der Waals surface area contributed by atoms with E-state index in [2.05, 4.69) is 15.4 Å². The quantitative estimate of drug-likeness (QED) is 0.743. The fraction of sp³-hybridized carbons (Fsp3) is 0.0667. The van der Waals surface area contributed by atoms with Gasteiger partial charge in [0.25, 0.3) is 5.91 Å². The summed E-state index contributed by atoms with van der Waals surface area (Å²) in [5, 5.41) is 18.2. The third-order valence-electron chi connectivity index (χ3n) is 3.15.